The average Bonchev–Trinajstić information content (AvgIpc) is 3.11. The molecular weight excluding hydrogens is 558 g/mol. The molecule has 1 spiro atoms. The normalized spacial score (nSPS) is 21.7. The zero-order valence-electron chi connectivity index (χ0n) is 30.8. The van der Waals surface area contributed by atoms with E-state index in [0.29, 0.717) is 38.8 Å². The molecule has 8 heteroatoms. The second-order valence-corrected chi connectivity index (χ2v) is 18.5. The first kappa shape index (κ1) is 38.5. The first-order chi connectivity index (χ1) is 19.7. The van der Waals surface area contributed by atoms with Gasteiger partial charge in [-0.15, -0.1) is 0 Å². The molecule has 0 aliphatic carbocycles. The Bertz CT molecular complexity index is 904. The molecule has 2 unspecified atom stereocenters. The molecule has 8 nitrogen and oxygen atoms in total. The molecule has 2 aliphatic rings. The third-order valence-electron chi connectivity index (χ3n) is 8.83. The van der Waals surface area contributed by atoms with Crippen LogP contribution >= 0.6 is 0 Å². The Morgan fingerprint density at radius 3 is 1.23 bits per heavy atom. The van der Waals surface area contributed by atoms with Crippen molar-refractivity contribution >= 4 is 17.8 Å². The highest BCUT2D eigenvalue weighted by Gasteiger charge is 2.50. The first-order valence-electron chi connectivity index (χ1n) is 16.7. The first-order valence-corrected chi connectivity index (χ1v) is 16.7. The lowest BCUT2D eigenvalue weighted by molar-refractivity contribution is -0.205. The summed E-state index contributed by atoms with van der Waals surface area (Å²) in [5, 5.41) is 0. The van der Waals surface area contributed by atoms with Gasteiger partial charge in [-0.1, -0.05) is 104 Å². The lowest BCUT2D eigenvalue weighted by Gasteiger charge is -2.40. The summed E-state index contributed by atoms with van der Waals surface area (Å²) in [7, 11) is 0. The SMILES string of the molecule is CC(C)(C)C(=O)N1CCC2(CC1)OC(CCOC(=O)C(C(C)(C)C)C(C)(C)C)C(CCOC(=O)C(C(C)(C)C)C(C)(C)C)O2. The standard InChI is InChI=1S/C36H65NO7/c1-31(2,3)26(32(4,5)6)28(38)41-22-16-24-25(17-23-42-29(39)27(33(7,8)9)34(10,11)12)44-36(43-24)18-20-37(21-19-36)30(40)35(13,14)15/h24-27H,16-23H2,1-15H3. The Morgan fingerprint density at radius 1 is 0.636 bits per heavy atom. The van der Waals surface area contributed by atoms with E-state index in [-0.39, 0.29) is 76.8 Å². The van der Waals surface area contributed by atoms with Crippen molar-refractivity contribution in [2.45, 2.75) is 148 Å². The second kappa shape index (κ2) is 13.6. The Kier molecular flexibility index (Phi) is 11.9. The number of hydrogen-bond acceptors (Lipinski definition) is 7. The summed E-state index contributed by atoms with van der Waals surface area (Å²) >= 11 is 0. The lowest BCUT2D eigenvalue weighted by atomic mass is 9.66. The number of nitrogens with zero attached hydrogens (tertiary/aromatic N) is 1. The van der Waals surface area contributed by atoms with Gasteiger partial charge in [-0.05, 0) is 21.7 Å². The van der Waals surface area contributed by atoms with E-state index in [1.54, 1.807) is 0 Å². The minimum atomic E-state index is -0.809. The van der Waals surface area contributed by atoms with Crippen molar-refractivity contribution in [1.29, 1.82) is 0 Å². The Balaban J connectivity index is 2.14. The molecule has 0 aromatic heterocycles. The Labute approximate surface area is 268 Å². The molecule has 0 radical (unpaired) electrons. The van der Waals surface area contributed by atoms with Crippen LogP contribution in [-0.2, 0) is 33.3 Å². The number of ether oxygens (including phenoxy) is 4. The van der Waals surface area contributed by atoms with Gasteiger partial charge in [0.15, 0.2) is 5.79 Å². The topological polar surface area (TPSA) is 91.4 Å². The predicted molar refractivity (Wildman–Crippen MR) is 174 cm³/mol. The molecule has 2 saturated heterocycles. The van der Waals surface area contributed by atoms with E-state index < -0.39 is 11.2 Å². The summed E-state index contributed by atoms with van der Waals surface area (Å²) in [6.45, 7) is 32.2. The second-order valence-electron chi connectivity index (χ2n) is 18.5. The summed E-state index contributed by atoms with van der Waals surface area (Å²) in [5.74, 6) is -1.61. The van der Waals surface area contributed by atoms with E-state index in [1.807, 2.05) is 25.7 Å². The van der Waals surface area contributed by atoms with Gasteiger partial charge in [0, 0.05) is 44.2 Å². The third kappa shape index (κ3) is 10.2. The molecule has 1 amide bonds. The van der Waals surface area contributed by atoms with Gasteiger partial charge in [0.2, 0.25) is 5.91 Å². The van der Waals surface area contributed by atoms with Gasteiger partial charge in [0.05, 0.1) is 37.3 Å². The molecule has 0 saturated carbocycles. The maximum absolute atomic E-state index is 13.3. The third-order valence-corrected chi connectivity index (χ3v) is 8.83. The van der Waals surface area contributed by atoms with E-state index in [4.69, 9.17) is 18.9 Å². The van der Waals surface area contributed by atoms with Gasteiger partial charge in [-0.25, -0.2) is 0 Å². The number of rotatable bonds is 8. The highest BCUT2D eigenvalue weighted by atomic mass is 16.8. The average molecular weight is 624 g/mol. The number of amides is 1. The molecule has 0 aromatic carbocycles. The molecule has 2 fully saturated rings. The molecule has 0 N–H and O–H groups in total. The van der Waals surface area contributed by atoms with Crippen molar-refractivity contribution < 1.29 is 33.3 Å². The number of carbonyl (C=O) groups excluding carboxylic acids is 3. The monoisotopic (exact) mass is 623 g/mol. The maximum Gasteiger partial charge on any atom is 0.309 e. The Hall–Kier alpha value is -1.67. The van der Waals surface area contributed by atoms with Gasteiger partial charge < -0.3 is 23.8 Å². The van der Waals surface area contributed by atoms with Crippen LogP contribution in [0.3, 0.4) is 0 Å². The molecule has 256 valence electrons. The quantitative estimate of drug-likeness (QED) is 0.260. The van der Waals surface area contributed by atoms with Gasteiger partial charge in [0.1, 0.15) is 0 Å². The molecule has 2 atom stereocenters. The number of hydrogen-bond donors (Lipinski definition) is 0. The molecular formula is C36H65NO7. The van der Waals surface area contributed by atoms with Crippen molar-refractivity contribution in [2.75, 3.05) is 26.3 Å². The van der Waals surface area contributed by atoms with Crippen LogP contribution in [0.1, 0.15) is 130 Å². The van der Waals surface area contributed by atoms with Crippen molar-refractivity contribution in [3.63, 3.8) is 0 Å². The highest BCUT2D eigenvalue weighted by molar-refractivity contribution is 5.81. The maximum atomic E-state index is 13.3. The number of esters is 2. The van der Waals surface area contributed by atoms with E-state index >= 15 is 0 Å². The van der Waals surface area contributed by atoms with Gasteiger partial charge in [-0.3, -0.25) is 14.4 Å². The van der Waals surface area contributed by atoms with Crippen LogP contribution in [0.15, 0.2) is 0 Å². The highest BCUT2D eigenvalue weighted by Crippen LogP contribution is 2.43. The van der Waals surface area contributed by atoms with E-state index in [0.717, 1.165) is 0 Å². The van der Waals surface area contributed by atoms with Crippen molar-refractivity contribution in [1.82, 2.24) is 4.90 Å². The van der Waals surface area contributed by atoms with E-state index in [9.17, 15) is 14.4 Å². The Morgan fingerprint density at radius 2 is 0.955 bits per heavy atom. The van der Waals surface area contributed by atoms with Crippen LogP contribution in [0.2, 0.25) is 0 Å². The van der Waals surface area contributed by atoms with Crippen LogP contribution < -0.4 is 0 Å². The minimum Gasteiger partial charge on any atom is -0.465 e. The van der Waals surface area contributed by atoms with Crippen LogP contribution in [0.4, 0.5) is 0 Å². The molecule has 2 heterocycles. The summed E-state index contributed by atoms with van der Waals surface area (Å²) in [4.78, 5) is 41.3. The van der Waals surface area contributed by atoms with Crippen LogP contribution in [0.25, 0.3) is 0 Å². The fourth-order valence-electron chi connectivity index (χ4n) is 7.71. The smallest absolute Gasteiger partial charge is 0.309 e. The zero-order chi connectivity index (χ0) is 34.1. The molecule has 2 aliphatic heterocycles. The van der Waals surface area contributed by atoms with Crippen molar-refractivity contribution in [3.05, 3.63) is 0 Å². The summed E-state index contributed by atoms with van der Waals surface area (Å²) in [6.07, 6.45) is 1.43. The fourth-order valence-corrected chi connectivity index (χ4v) is 7.71. The molecule has 2 rings (SSSR count). The number of likely N-dealkylation sites (tertiary alicyclic amines) is 1. The van der Waals surface area contributed by atoms with E-state index in [1.165, 1.54) is 0 Å². The largest absolute Gasteiger partial charge is 0.465 e. The van der Waals surface area contributed by atoms with Gasteiger partial charge >= 0.3 is 11.9 Å². The summed E-state index contributed by atoms with van der Waals surface area (Å²) < 4.78 is 25.0. The van der Waals surface area contributed by atoms with Gasteiger partial charge in [-0.2, -0.15) is 0 Å². The van der Waals surface area contributed by atoms with Crippen molar-refractivity contribution in [3.8, 4) is 0 Å². The minimum absolute atomic E-state index is 0.122. The van der Waals surface area contributed by atoms with E-state index in [2.05, 4.69) is 83.1 Å². The zero-order valence-corrected chi connectivity index (χ0v) is 30.8. The summed E-state index contributed by atoms with van der Waals surface area (Å²) in [6, 6.07) is 0. The van der Waals surface area contributed by atoms with Crippen LogP contribution in [0.5, 0.6) is 0 Å². The molecule has 0 aromatic rings. The fraction of sp³-hybridized carbons (Fsp3) is 0.917. The molecule has 44 heavy (non-hydrogen) atoms. The van der Waals surface area contributed by atoms with Crippen LogP contribution in [0, 0.1) is 38.9 Å². The number of piperidine rings is 1. The van der Waals surface area contributed by atoms with Gasteiger partial charge in [0.25, 0.3) is 0 Å². The predicted octanol–water partition coefficient (Wildman–Crippen LogP) is 7.42. The lowest BCUT2D eigenvalue weighted by Crippen LogP contribution is -2.50. The summed E-state index contributed by atoms with van der Waals surface area (Å²) in [5.41, 5.74) is -1.41. The van der Waals surface area contributed by atoms with Crippen LogP contribution in [-0.4, -0.2) is 67.0 Å². The number of carbonyl (C=O) groups is 3. The molecule has 0 bridgehead atoms. The van der Waals surface area contributed by atoms with Crippen molar-refractivity contribution in [2.24, 2.45) is 38.9 Å².